The maximum absolute atomic E-state index is 3.16. The molecule has 2 heteroatoms. The van der Waals surface area contributed by atoms with Gasteiger partial charge in [-0.15, -0.1) is 0 Å². The zero-order valence-corrected chi connectivity index (χ0v) is 6.78. The van der Waals surface area contributed by atoms with E-state index in [0.29, 0.717) is 0 Å². The van der Waals surface area contributed by atoms with Crippen LogP contribution >= 0.6 is 0 Å². The first-order chi connectivity index (χ1) is 4.79. The van der Waals surface area contributed by atoms with E-state index < -0.39 is 0 Å². The lowest BCUT2D eigenvalue weighted by Crippen LogP contribution is -2.16. The Labute approximate surface area is 62.0 Å². The van der Waals surface area contributed by atoms with Crippen molar-refractivity contribution >= 4 is 0 Å². The molecular weight excluding hydrogens is 124 g/mol. The van der Waals surface area contributed by atoms with Crippen LogP contribution in [0, 0.1) is 0 Å². The van der Waals surface area contributed by atoms with E-state index in [-0.39, 0.29) is 0 Å². The Morgan fingerprint density at radius 2 is 2.00 bits per heavy atom. The van der Waals surface area contributed by atoms with Gasteiger partial charge in [0.05, 0.1) is 11.4 Å². The fraction of sp³-hybridized carbons (Fsp3) is 0.500. The molecule has 1 rings (SSSR count). The Morgan fingerprint density at radius 3 is 2.40 bits per heavy atom. The van der Waals surface area contributed by atoms with E-state index >= 15 is 0 Å². The quantitative estimate of drug-likeness (QED) is 0.594. The molecule has 0 heterocycles. The summed E-state index contributed by atoms with van der Waals surface area (Å²) in [6.07, 6.45) is 3.27. The second-order valence-electron chi connectivity index (χ2n) is 2.48. The van der Waals surface area contributed by atoms with Crippen LogP contribution in [-0.2, 0) is 0 Å². The Morgan fingerprint density at radius 1 is 1.30 bits per heavy atom. The van der Waals surface area contributed by atoms with Crippen molar-refractivity contribution in [1.29, 1.82) is 0 Å². The number of hydrogen-bond donors (Lipinski definition) is 2. The van der Waals surface area contributed by atoms with E-state index in [1.165, 1.54) is 17.0 Å². The van der Waals surface area contributed by atoms with Crippen LogP contribution in [0.25, 0.3) is 0 Å². The first-order valence-corrected chi connectivity index (χ1v) is 3.55. The predicted octanol–water partition coefficient (Wildman–Crippen LogP) is 0.987. The lowest BCUT2D eigenvalue weighted by molar-refractivity contribution is 0.907. The van der Waals surface area contributed by atoms with Gasteiger partial charge in [0.1, 0.15) is 0 Å². The van der Waals surface area contributed by atoms with Gasteiger partial charge >= 0.3 is 0 Å². The largest absolute Gasteiger partial charge is 0.387 e. The van der Waals surface area contributed by atoms with Gasteiger partial charge < -0.3 is 10.6 Å². The third-order valence-corrected chi connectivity index (χ3v) is 1.83. The molecule has 0 aromatic rings. The van der Waals surface area contributed by atoms with Gasteiger partial charge in [-0.3, -0.25) is 0 Å². The monoisotopic (exact) mass is 138 g/mol. The molecule has 0 radical (unpaired) electrons. The normalized spacial score (nSPS) is 17.3. The third-order valence-electron chi connectivity index (χ3n) is 1.83. The molecule has 0 bridgehead atoms. The third kappa shape index (κ3) is 1.01. The highest BCUT2D eigenvalue weighted by molar-refractivity contribution is 5.38. The van der Waals surface area contributed by atoms with E-state index in [0.717, 1.165) is 6.42 Å². The van der Waals surface area contributed by atoms with Gasteiger partial charge in [-0.1, -0.05) is 6.08 Å². The van der Waals surface area contributed by atoms with Crippen LogP contribution in [0.2, 0.25) is 0 Å². The molecule has 0 aromatic heterocycles. The highest BCUT2D eigenvalue weighted by Gasteiger charge is 2.10. The molecule has 0 spiro atoms. The van der Waals surface area contributed by atoms with Crippen LogP contribution in [0.15, 0.2) is 23.0 Å². The Balaban J connectivity index is 2.79. The zero-order valence-electron chi connectivity index (χ0n) is 6.78. The van der Waals surface area contributed by atoms with Crippen LogP contribution in [0.3, 0.4) is 0 Å². The Kier molecular flexibility index (Phi) is 2.00. The van der Waals surface area contributed by atoms with Crippen molar-refractivity contribution in [3.05, 3.63) is 23.0 Å². The van der Waals surface area contributed by atoms with Crippen LogP contribution in [0.1, 0.15) is 13.3 Å². The van der Waals surface area contributed by atoms with Crippen LogP contribution < -0.4 is 10.6 Å². The van der Waals surface area contributed by atoms with Crippen molar-refractivity contribution in [2.24, 2.45) is 0 Å². The zero-order chi connectivity index (χ0) is 7.56. The van der Waals surface area contributed by atoms with Crippen molar-refractivity contribution in [1.82, 2.24) is 10.6 Å². The highest BCUT2D eigenvalue weighted by Crippen LogP contribution is 2.20. The Hall–Kier alpha value is -0.920. The molecular formula is C8H14N2. The molecule has 1 aliphatic carbocycles. The molecule has 0 aliphatic heterocycles. The summed E-state index contributed by atoms with van der Waals surface area (Å²) in [4.78, 5) is 0. The lowest BCUT2D eigenvalue weighted by Gasteiger charge is -2.07. The van der Waals surface area contributed by atoms with E-state index in [1.54, 1.807) is 0 Å². The minimum absolute atomic E-state index is 1.08. The maximum Gasteiger partial charge on any atom is 0.0562 e. The van der Waals surface area contributed by atoms with E-state index in [1.807, 2.05) is 14.1 Å². The van der Waals surface area contributed by atoms with Gasteiger partial charge in [0, 0.05) is 14.1 Å². The van der Waals surface area contributed by atoms with Gasteiger partial charge in [0.25, 0.3) is 0 Å². The first-order valence-electron chi connectivity index (χ1n) is 3.55. The lowest BCUT2D eigenvalue weighted by atomic mass is 10.2. The van der Waals surface area contributed by atoms with Gasteiger partial charge in [-0.25, -0.2) is 0 Å². The summed E-state index contributed by atoms with van der Waals surface area (Å²) in [6, 6.07) is 0. The molecule has 0 saturated carbocycles. The van der Waals surface area contributed by atoms with E-state index in [2.05, 4.69) is 23.6 Å². The molecule has 0 saturated heterocycles. The number of hydrogen-bond acceptors (Lipinski definition) is 2. The summed E-state index contributed by atoms with van der Waals surface area (Å²) in [6.45, 7) is 2.15. The van der Waals surface area contributed by atoms with Crippen molar-refractivity contribution in [3.8, 4) is 0 Å². The average Bonchev–Trinajstić information content (AvgIpc) is 2.30. The number of nitrogens with one attached hydrogen (secondary N) is 2. The topological polar surface area (TPSA) is 24.1 Å². The van der Waals surface area contributed by atoms with Gasteiger partial charge in [0.15, 0.2) is 0 Å². The second kappa shape index (κ2) is 2.78. The molecule has 0 unspecified atom stereocenters. The fourth-order valence-electron chi connectivity index (χ4n) is 1.26. The second-order valence-corrected chi connectivity index (χ2v) is 2.48. The molecule has 0 fully saturated rings. The highest BCUT2D eigenvalue weighted by atomic mass is 14.9. The van der Waals surface area contributed by atoms with Crippen LogP contribution in [0.5, 0.6) is 0 Å². The van der Waals surface area contributed by atoms with Crippen molar-refractivity contribution in [3.63, 3.8) is 0 Å². The van der Waals surface area contributed by atoms with Crippen LogP contribution in [-0.4, -0.2) is 14.1 Å². The minimum Gasteiger partial charge on any atom is -0.387 e. The number of rotatable bonds is 2. The van der Waals surface area contributed by atoms with Crippen molar-refractivity contribution in [2.45, 2.75) is 13.3 Å². The number of allylic oxidation sites excluding steroid dienone is 2. The molecule has 0 aromatic carbocycles. The Bertz CT molecular complexity index is 189. The maximum atomic E-state index is 3.16. The predicted molar refractivity (Wildman–Crippen MR) is 43.5 cm³/mol. The standard InChI is InChI=1S/C8H14N2/c1-6-4-5-7(9-2)8(6)10-3/h5,9-10H,4H2,1-3H3. The smallest absolute Gasteiger partial charge is 0.0562 e. The molecule has 2 N–H and O–H groups in total. The average molecular weight is 138 g/mol. The number of likely N-dealkylation sites (N-methyl/N-ethyl adjacent to an activating group) is 2. The fourth-order valence-corrected chi connectivity index (χ4v) is 1.26. The SMILES string of the molecule is CNC1=CCC(C)=C1NC. The minimum atomic E-state index is 1.08. The molecule has 0 atom stereocenters. The summed E-state index contributed by atoms with van der Waals surface area (Å²) in [7, 11) is 3.90. The molecule has 2 nitrogen and oxygen atoms in total. The molecule has 0 amide bonds. The molecule has 10 heavy (non-hydrogen) atoms. The van der Waals surface area contributed by atoms with Crippen molar-refractivity contribution < 1.29 is 0 Å². The van der Waals surface area contributed by atoms with Gasteiger partial charge in [-0.2, -0.15) is 0 Å². The van der Waals surface area contributed by atoms with Gasteiger partial charge in [0.2, 0.25) is 0 Å². The summed E-state index contributed by atoms with van der Waals surface area (Å²) >= 11 is 0. The van der Waals surface area contributed by atoms with E-state index in [4.69, 9.17) is 0 Å². The van der Waals surface area contributed by atoms with Crippen LogP contribution in [0.4, 0.5) is 0 Å². The van der Waals surface area contributed by atoms with Gasteiger partial charge in [-0.05, 0) is 18.9 Å². The first kappa shape index (κ1) is 7.19. The van der Waals surface area contributed by atoms with Crippen molar-refractivity contribution in [2.75, 3.05) is 14.1 Å². The summed E-state index contributed by atoms with van der Waals surface area (Å²) in [5, 5.41) is 6.30. The molecule has 56 valence electrons. The summed E-state index contributed by atoms with van der Waals surface area (Å²) < 4.78 is 0. The summed E-state index contributed by atoms with van der Waals surface area (Å²) in [5.74, 6) is 0. The van der Waals surface area contributed by atoms with E-state index in [9.17, 15) is 0 Å². The molecule has 1 aliphatic rings. The summed E-state index contributed by atoms with van der Waals surface area (Å²) in [5.41, 5.74) is 3.88.